The minimum Gasteiger partial charge on any atom is -0.456 e. The van der Waals surface area contributed by atoms with Crippen LogP contribution in [0.4, 0.5) is 5.82 Å². The summed E-state index contributed by atoms with van der Waals surface area (Å²) in [6.45, 7) is 0.644. The van der Waals surface area contributed by atoms with E-state index in [1.54, 1.807) is 0 Å². The van der Waals surface area contributed by atoms with Crippen molar-refractivity contribution in [1.82, 2.24) is 24.8 Å². The summed E-state index contributed by atoms with van der Waals surface area (Å²) in [4.78, 5) is 83.4. The topological polar surface area (TPSA) is 330 Å². The lowest BCUT2D eigenvalue weighted by molar-refractivity contribution is -0.388. The number of carbonyl (C=O) groups excluding carboxylic acids is 2. The van der Waals surface area contributed by atoms with E-state index < -0.39 is 93.9 Å². The first-order valence-electron chi connectivity index (χ1n) is 10.5. The van der Waals surface area contributed by atoms with Gasteiger partial charge in [0.1, 0.15) is 6.10 Å². The molecule has 0 amide bonds. The van der Waals surface area contributed by atoms with Crippen molar-refractivity contribution in [2.75, 3.05) is 6.61 Å². The van der Waals surface area contributed by atoms with Gasteiger partial charge in [-0.15, -0.1) is 5.10 Å². The highest BCUT2D eigenvalue weighted by Crippen LogP contribution is 2.66. The molecule has 6 atom stereocenters. The van der Waals surface area contributed by atoms with Crippen LogP contribution in [0.5, 0.6) is 0 Å². The van der Waals surface area contributed by atoms with Gasteiger partial charge in [0.15, 0.2) is 24.0 Å². The third kappa shape index (κ3) is 7.84. The molecule has 0 aromatic carbocycles. The van der Waals surface area contributed by atoms with Gasteiger partial charge in [-0.3, -0.25) is 18.9 Å². The molecular formula is C14H19N6O18P3. The molecule has 6 unspecified atom stereocenters. The van der Waals surface area contributed by atoms with Crippen LogP contribution in [0, 0.1) is 10.1 Å². The van der Waals surface area contributed by atoms with Gasteiger partial charge in [-0.2, -0.15) is 18.0 Å². The molecule has 24 nitrogen and oxygen atoms in total. The largest absolute Gasteiger partial charge is 0.490 e. The molecule has 2 aromatic rings. The van der Waals surface area contributed by atoms with Crippen molar-refractivity contribution in [3.8, 4) is 0 Å². The van der Waals surface area contributed by atoms with E-state index in [9.17, 15) is 48.0 Å². The number of nitro groups is 1. The van der Waals surface area contributed by atoms with Crippen molar-refractivity contribution in [2.45, 2.75) is 38.4 Å². The second-order valence-electron chi connectivity index (χ2n) is 7.84. The second-order valence-corrected chi connectivity index (χ2v) is 12.3. The Morgan fingerprint density at radius 1 is 1.05 bits per heavy atom. The summed E-state index contributed by atoms with van der Waals surface area (Å²) in [7, 11) is -16.1. The number of phosphoric acid groups is 3. The molecule has 228 valence electrons. The third-order valence-corrected chi connectivity index (χ3v) is 8.58. The van der Waals surface area contributed by atoms with Crippen LogP contribution in [-0.4, -0.2) is 86.1 Å². The van der Waals surface area contributed by atoms with Gasteiger partial charge in [0.2, 0.25) is 5.52 Å². The molecule has 1 aliphatic heterocycles. The maximum Gasteiger partial charge on any atom is 0.490 e. The second kappa shape index (κ2) is 11.7. The fourth-order valence-electron chi connectivity index (χ4n) is 3.52. The van der Waals surface area contributed by atoms with Gasteiger partial charge >= 0.3 is 46.8 Å². The van der Waals surface area contributed by atoms with E-state index in [-0.39, 0.29) is 0 Å². The summed E-state index contributed by atoms with van der Waals surface area (Å²) in [5, 5.41) is 21.9. The Labute approximate surface area is 225 Å². The standard InChI is InChI=1S/C14H19N6O18P3/c1-5(21)34-10-7(4-33-40(29,30)38-41(31,32)37-39(26,27)28)36-14(11(10)35-6(2)22)19-13(23)9-8(15-17-19)12(20(24)25)16-18(9)3/h7,10-11,14H,4H2,1-3H3,(H,29,30)(H,31,32)(H2,26,27,28). The smallest absolute Gasteiger partial charge is 0.456 e. The average molecular weight is 652 g/mol. The van der Waals surface area contributed by atoms with Gasteiger partial charge in [0, 0.05) is 13.8 Å². The molecular weight excluding hydrogens is 633 g/mol. The third-order valence-electron chi connectivity index (χ3n) is 4.78. The first kappa shape index (κ1) is 32.5. The van der Waals surface area contributed by atoms with Crippen LogP contribution in [0.25, 0.3) is 11.0 Å². The van der Waals surface area contributed by atoms with Crippen molar-refractivity contribution in [1.29, 1.82) is 0 Å². The number of phosphoric ester groups is 1. The summed E-state index contributed by atoms with van der Waals surface area (Å²) in [5.74, 6) is -2.83. The molecule has 0 radical (unpaired) electrons. The number of aromatic nitrogens is 5. The number of rotatable bonds is 11. The molecule has 3 rings (SSSR count). The van der Waals surface area contributed by atoms with Crippen molar-refractivity contribution >= 4 is 52.3 Å². The molecule has 1 fully saturated rings. The monoisotopic (exact) mass is 652 g/mol. The fourth-order valence-corrected chi connectivity index (χ4v) is 6.55. The molecule has 0 saturated carbocycles. The van der Waals surface area contributed by atoms with Gasteiger partial charge < -0.3 is 43.9 Å². The van der Waals surface area contributed by atoms with Crippen LogP contribution < -0.4 is 5.56 Å². The maximum absolute atomic E-state index is 13.2. The van der Waals surface area contributed by atoms with Gasteiger partial charge in [-0.25, -0.2) is 13.7 Å². The van der Waals surface area contributed by atoms with Gasteiger partial charge in [0.25, 0.3) is 0 Å². The van der Waals surface area contributed by atoms with Crippen molar-refractivity contribution < 1.29 is 75.1 Å². The molecule has 4 N–H and O–H groups in total. The van der Waals surface area contributed by atoms with Crippen LogP contribution in [0.1, 0.15) is 20.1 Å². The minimum atomic E-state index is -5.88. The van der Waals surface area contributed by atoms with Crippen LogP contribution >= 0.6 is 23.5 Å². The Morgan fingerprint density at radius 2 is 1.63 bits per heavy atom. The van der Waals surface area contributed by atoms with Gasteiger partial charge in [-0.05, 0) is 4.92 Å². The fraction of sp³-hybridized carbons (Fsp3) is 0.571. The van der Waals surface area contributed by atoms with E-state index in [1.165, 1.54) is 7.05 Å². The highest BCUT2D eigenvalue weighted by atomic mass is 31.3. The summed E-state index contributed by atoms with van der Waals surface area (Å²) in [5.41, 5.74) is -2.07. The SMILES string of the molecule is CC(=O)OC1C(COP(=O)(O)OP(=O)(O)OP(=O)(O)O)OC(n2nnc3c([N+](=O)[O-])nn(C)c3c2=O)C1OC(C)=O. The van der Waals surface area contributed by atoms with Crippen LogP contribution in [-0.2, 0) is 57.7 Å². The Kier molecular flexibility index (Phi) is 9.28. The number of hydrogen-bond acceptors (Lipinski definition) is 17. The Morgan fingerprint density at radius 3 is 2.17 bits per heavy atom. The van der Waals surface area contributed by atoms with E-state index in [0.29, 0.717) is 4.68 Å². The molecule has 3 heterocycles. The number of nitrogens with zero attached hydrogens (tertiary/aromatic N) is 6. The number of fused-ring (bicyclic) bond motifs is 1. The first-order valence-corrected chi connectivity index (χ1v) is 15.0. The summed E-state index contributed by atoms with van der Waals surface area (Å²) < 4.78 is 63.2. The Balaban J connectivity index is 1.98. The summed E-state index contributed by atoms with van der Waals surface area (Å²) in [6.07, 6.45) is -7.02. The van der Waals surface area contributed by atoms with Crippen molar-refractivity contribution in [3.05, 3.63) is 20.5 Å². The maximum atomic E-state index is 13.2. The Bertz CT molecular complexity index is 1580. The van der Waals surface area contributed by atoms with E-state index in [1.807, 2.05) is 0 Å². The molecule has 2 aromatic heterocycles. The van der Waals surface area contributed by atoms with E-state index in [2.05, 4.69) is 28.6 Å². The zero-order chi connectivity index (χ0) is 31.1. The van der Waals surface area contributed by atoms with Crippen molar-refractivity contribution in [2.24, 2.45) is 7.05 Å². The molecule has 0 aliphatic carbocycles. The number of esters is 2. The zero-order valence-electron chi connectivity index (χ0n) is 20.5. The molecule has 27 heteroatoms. The van der Waals surface area contributed by atoms with Crippen molar-refractivity contribution in [3.63, 3.8) is 0 Å². The van der Waals surface area contributed by atoms with Crippen LogP contribution in [0.15, 0.2) is 4.79 Å². The summed E-state index contributed by atoms with van der Waals surface area (Å²) >= 11 is 0. The normalized spacial score (nSPS) is 24.0. The minimum absolute atomic E-state index is 0.447. The highest BCUT2D eigenvalue weighted by molar-refractivity contribution is 7.66. The Hall–Kier alpha value is -3.01. The molecule has 41 heavy (non-hydrogen) atoms. The number of hydrogen-bond donors (Lipinski definition) is 4. The zero-order valence-corrected chi connectivity index (χ0v) is 23.2. The number of carbonyl (C=O) groups is 2. The highest BCUT2D eigenvalue weighted by Gasteiger charge is 2.52. The molecule has 0 spiro atoms. The van der Waals surface area contributed by atoms with Gasteiger partial charge in [-0.1, -0.05) is 5.21 Å². The lowest BCUT2D eigenvalue weighted by atomic mass is 10.1. The van der Waals surface area contributed by atoms with Gasteiger partial charge in [0.05, 0.1) is 18.8 Å². The predicted octanol–water partition coefficient (Wildman–Crippen LogP) is -1.46. The molecule has 1 aliphatic rings. The van der Waals surface area contributed by atoms with E-state index in [4.69, 9.17) is 24.0 Å². The lowest BCUT2D eigenvalue weighted by Crippen LogP contribution is -2.42. The first-order chi connectivity index (χ1) is 18.7. The molecule has 0 bridgehead atoms. The summed E-state index contributed by atoms with van der Waals surface area (Å²) in [6, 6.07) is 0. The number of ether oxygens (including phenoxy) is 3. The quantitative estimate of drug-likeness (QED) is 0.0932. The van der Waals surface area contributed by atoms with E-state index >= 15 is 0 Å². The van der Waals surface area contributed by atoms with Crippen LogP contribution in [0.3, 0.4) is 0 Å². The van der Waals surface area contributed by atoms with E-state index in [0.717, 1.165) is 18.5 Å². The lowest BCUT2D eigenvalue weighted by Gasteiger charge is -2.23. The number of aryl methyl sites for hydroxylation is 1. The predicted molar refractivity (Wildman–Crippen MR) is 122 cm³/mol. The van der Waals surface area contributed by atoms with Crippen LogP contribution in [0.2, 0.25) is 0 Å². The average Bonchev–Trinajstić information content (AvgIpc) is 3.28. The molecule has 1 saturated heterocycles.